The molecule has 2 aliphatic rings. The zero-order valence-electron chi connectivity index (χ0n) is 16.0. The molecule has 0 aliphatic carbocycles. The maximum Gasteiger partial charge on any atom is 0.223 e. The van der Waals surface area contributed by atoms with Gasteiger partial charge < -0.3 is 9.64 Å². The first-order chi connectivity index (χ1) is 13.7. The Morgan fingerprint density at radius 1 is 1.00 bits per heavy atom. The van der Waals surface area contributed by atoms with Gasteiger partial charge in [0, 0.05) is 49.5 Å². The third-order valence-electron chi connectivity index (χ3n) is 5.81. The molecule has 0 spiro atoms. The highest BCUT2D eigenvalue weighted by molar-refractivity contribution is 5.96. The van der Waals surface area contributed by atoms with E-state index in [1.54, 1.807) is 12.4 Å². The highest BCUT2D eigenvalue weighted by atomic mass is 16.5. The highest BCUT2D eigenvalue weighted by Crippen LogP contribution is 2.37. The molecule has 2 aliphatic heterocycles. The van der Waals surface area contributed by atoms with Crippen molar-refractivity contribution in [2.24, 2.45) is 0 Å². The number of pyridine rings is 1. The van der Waals surface area contributed by atoms with Crippen molar-refractivity contribution in [1.82, 2.24) is 9.88 Å². The van der Waals surface area contributed by atoms with E-state index in [9.17, 15) is 9.59 Å². The van der Waals surface area contributed by atoms with Crippen LogP contribution in [-0.4, -0.2) is 39.8 Å². The molecule has 1 aromatic heterocycles. The minimum atomic E-state index is 0.111. The summed E-state index contributed by atoms with van der Waals surface area (Å²) in [7, 11) is 0. The second-order valence-electron chi connectivity index (χ2n) is 7.73. The van der Waals surface area contributed by atoms with Crippen molar-refractivity contribution in [2.75, 3.05) is 0 Å². The van der Waals surface area contributed by atoms with Gasteiger partial charge in [-0.3, -0.25) is 14.6 Å². The Bertz CT molecular complexity index is 795. The topological polar surface area (TPSA) is 59.5 Å². The van der Waals surface area contributed by atoms with Gasteiger partial charge in [0.05, 0.1) is 6.20 Å². The summed E-state index contributed by atoms with van der Waals surface area (Å²) >= 11 is 0. The molecule has 5 nitrogen and oxygen atoms in total. The largest absolute Gasteiger partial charge is 0.489 e. The van der Waals surface area contributed by atoms with E-state index in [1.165, 1.54) is 0 Å². The van der Waals surface area contributed by atoms with Crippen LogP contribution >= 0.6 is 0 Å². The van der Waals surface area contributed by atoms with E-state index in [0.29, 0.717) is 19.3 Å². The van der Waals surface area contributed by atoms with Gasteiger partial charge in [-0.1, -0.05) is 30.3 Å². The Morgan fingerprint density at radius 2 is 1.75 bits per heavy atom. The van der Waals surface area contributed by atoms with Crippen molar-refractivity contribution in [3.8, 4) is 5.75 Å². The summed E-state index contributed by atoms with van der Waals surface area (Å²) in [6.07, 6.45) is 8.94. The molecular formula is C23H26N2O3. The Kier molecular flexibility index (Phi) is 5.70. The van der Waals surface area contributed by atoms with E-state index in [0.717, 1.165) is 37.0 Å². The minimum absolute atomic E-state index is 0.111. The number of piperidine rings is 1. The van der Waals surface area contributed by atoms with Gasteiger partial charge in [-0.2, -0.15) is 0 Å². The number of nitrogens with zero attached hydrogens (tertiary/aromatic N) is 2. The summed E-state index contributed by atoms with van der Waals surface area (Å²) in [5.74, 6) is 1.10. The molecular weight excluding hydrogens is 352 g/mol. The molecule has 2 atom stereocenters. The predicted octanol–water partition coefficient (Wildman–Crippen LogP) is 4.04. The third-order valence-corrected chi connectivity index (χ3v) is 5.81. The maximum absolute atomic E-state index is 12.8. The lowest BCUT2D eigenvalue weighted by Gasteiger charge is -2.39. The number of fused-ring (bicyclic) bond motifs is 2. The summed E-state index contributed by atoms with van der Waals surface area (Å²) in [6.45, 7) is 0. The summed E-state index contributed by atoms with van der Waals surface area (Å²) in [4.78, 5) is 31.2. The SMILES string of the molecule is O=C(CCCC(=O)N1C2CCC1CC(Oc1cccnc1)C2)c1ccccc1. The summed E-state index contributed by atoms with van der Waals surface area (Å²) in [6, 6.07) is 13.6. The first-order valence-corrected chi connectivity index (χ1v) is 10.2. The van der Waals surface area contributed by atoms with Crippen LogP contribution in [0.5, 0.6) is 5.75 Å². The molecule has 1 amide bonds. The van der Waals surface area contributed by atoms with E-state index in [1.807, 2.05) is 42.5 Å². The molecule has 1 aromatic carbocycles. The third kappa shape index (κ3) is 4.24. The van der Waals surface area contributed by atoms with Gasteiger partial charge in [0.15, 0.2) is 5.78 Å². The normalized spacial score (nSPS) is 23.4. The van der Waals surface area contributed by atoms with Gasteiger partial charge >= 0.3 is 0 Å². The zero-order valence-corrected chi connectivity index (χ0v) is 16.0. The van der Waals surface area contributed by atoms with E-state index in [4.69, 9.17) is 4.74 Å². The Morgan fingerprint density at radius 3 is 2.43 bits per heavy atom. The molecule has 146 valence electrons. The lowest BCUT2D eigenvalue weighted by atomic mass is 9.98. The Labute approximate surface area is 165 Å². The molecule has 0 radical (unpaired) electrons. The van der Waals surface area contributed by atoms with Crippen LogP contribution in [0.15, 0.2) is 54.9 Å². The standard InChI is InChI=1S/C23H26N2O3/c26-22(17-6-2-1-3-7-17)9-4-10-23(27)25-18-11-12-19(25)15-21(14-18)28-20-8-5-13-24-16-20/h1-3,5-8,13,16,18-19,21H,4,9-12,14-15H2. The number of hydrogen-bond donors (Lipinski definition) is 0. The smallest absolute Gasteiger partial charge is 0.223 e. The lowest BCUT2D eigenvalue weighted by molar-refractivity contribution is -0.137. The van der Waals surface area contributed by atoms with Crippen LogP contribution < -0.4 is 4.74 Å². The number of ketones is 1. The average Bonchev–Trinajstić information content (AvgIpc) is 3.00. The quantitative estimate of drug-likeness (QED) is 0.683. The fraction of sp³-hybridized carbons (Fsp3) is 0.435. The summed E-state index contributed by atoms with van der Waals surface area (Å²) in [5.41, 5.74) is 0.725. The van der Waals surface area contributed by atoms with E-state index < -0.39 is 0 Å². The van der Waals surface area contributed by atoms with E-state index in [2.05, 4.69) is 9.88 Å². The number of amides is 1. The van der Waals surface area contributed by atoms with Crippen LogP contribution in [0.3, 0.4) is 0 Å². The molecule has 3 heterocycles. The molecule has 2 aromatic rings. The fourth-order valence-corrected chi connectivity index (χ4v) is 4.54. The number of hydrogen-bond acceptors (Lipinski definition) is 4. The number of aromatic nitrogens is 1. The molecule has 5 heteroatoms. The predicted molar refractivity (Wildman–Crippen MR) is 106 cm³/mol. The van der Waals surface area contributed by atoms with Crippen molar-refractivity contribution >= 4 is 11.7 Å². The van der Waals surface area contributed by atoms with E-state index in [-0.39, 0.29) is 29.9 Å². The number of ether oxygens (including phenoxy) is 1. The fourth-order valence-electron chi connectivity index (χ4n) is 4.54. The average molecular weight is 378 g/mol. The molecule has 4 rings (SSSR count). The van der Waals surface area contributed by atoms with Crippen LogP contribution in [0.25, 0.3) is 0 Å². The molecule has 28 heavy (non-hydrogen) atoms. The van der Waals surface area contributed by atoms with Gasteiger partial charge in [-0.05, 0) is 31.4 Å². The first-order valence-electron chi connectivity index (χ1n) is 10.2. The van der Waals surface area contributed by atoms with Crippen molar-refractivity contribution < 1.29 is 14.3 Å². The Hall–Kier alpha value is -2.69. The van der Waals surface area contributed by atoms with Crippen LogP contribution in [0.1, 0.15) is 55.3 Å². The van der Waals surface area contributed by atoms with Gasteiger partial charge in [-0.25, -0.2) is 0 Å². The van der Waals surface area contributed by atoms with E-state index >= 15 is 0 Å². The van der Waals surface area contributed by atoms with Crippen LogP contribution in [0, 0.1) is 0 Å². The second kappa shape index (κ2) is 8.55. The molecule has 0 N–H and O–H groups in total. The Balaban J connectivity index is 1.27. The zero-order chi connectivity index (χ0) is 19.3. The molecule has 2 fully saturated rings. The number of carbonyl (C=O) groups is 2. The second-order valence-corrected chi connectivity index (χ2v) is 7.73. The van der Waals surface area contributed by atoms with Gasteiger partial charge in [-0.15, -0.1) is 0 Å². The summed E-state index contributed by atoms with van der Waals surface area (Å²) < 4.78 is 6.08. The number of carbonyl (C=O) groups excluding carboxylic acids is 2. The molecule has 2 unspecified atom stereocenters. The summed E-state index contributed by atoms with van der Waals surface area (Å²) in [5, 5.41) is 0. The van der Waals surface area contributed by atoms with Crippen molar-refractivity contribution in [3.05, 3.63) is 60.4 Å². The van der Waals surface area contributed by atoms with Crippen molar-refractivity contribution in [3.63, 3.8) is 0 Å². The minimum Gasteiger partial charge on any atom is -0.489 e. The van der Waals surface area contributed by atoms with Crippen LogP contribution in [0.4, 0.5) is 0 Å². The van der Waals surface area contributed by atoms with Crippen LogP contribution in [-0.2, 0) is 4.79 Å². The highest BCUT2D eigenvalue weighted by Gasteiger charge is 2.43. The lowest BCUT2D eigenvalue weighted by Crippen LogP contribution is -2.49. The number of benzene rings is 1. The van der Waals surface area contributed by atoms with Gasteiger partial charge in [0.2, 0.25) is 5.91 Å². The van der Waals surface area contributed by atoms with Crippen LogP contribution in [0.2, 0.25) is 0 Å². The van der Waals surface area contributed by atoms with Crippen molar-refractivity contribution in [1.29, 1.82) is 0 Å². The van der Waals surface area contributed by atoms with Crippen molar-refractivity contribution in [2.45, 2.75) is 63.1 Å². The monoisotopic (exact) mass is 378 g/mol. The first kappa shape index (κ1) is 18.7. The molecule has 0 saturated carbocycles. The molecule has 2 saturated heterocycles. The van der Waals surface area contributed by atoms with Gasteiger partial charge in [0.25, 0.3) is 0 Å². The molecule has 2 bridgehead atoms. The number of Topliss-reactive ketones (excluding diaryl/α,β-unsaturated/α-hetero) is 1. The maximum atomic E-state index is 12.8. The number of rotatable bonds is 7. The van der Waals surface area contributed by atoms with Gasteiger partial charge in [0.1, 0.15) is 11.9 Å².